The van der Waals surface area contributed by atoms with Gasteiger partial charge in [-0.2, -0.15) is 0 Å². The summed E-state index contributed by atoms with van der Waals surface area (Å²) in [5, 5.41) is 0. The Hall–Kier alpha value is -1.85. The average molecular weight is 394 g/mol. The molecule has 0 unspecified atom stereocenters. The number of halogens is 2. The molecule has 4 nitrogen and oxygen atoms in total. The minimum Gasteiger partial charge on any atom is -0.293 e. The molecule has 2 aromatic rings. The van der Waals surface area contributed by atoms with Crippen molar-refractivity contribution in [2.24, 2.45) is 0 Å². The normalized spacial score (nSPS) is 13.9. The van der Waals surface area contributed by atoms with Crippen LogP contribution in [0, 0.1) is 0 Å². The highest BCUT2D eigenvalue weighted by Crippen LogP contribution is 2.31. The molecule has 0 bridgehead atoms. The maximum atomic E-state index is 12.8. The molecule has 23 heavy (non-hydrogen) atoms. The van der Waals surface area contributed by atoms with Crippen LogP contribution in [0.1, 0.15) is 16.8 Å². The van der Waals surface area contributed by atoms with E-state index < -0.39 is 0 Å². The van der Waals surface area contributed by atoms with Crippen LogP contribution in [-0.4, -0.2) is 24.4 Å². The van der Waals surface area contributed by atoms with Gasteiger partial charge in [0, 0.05) is 22.5 Å². The summed E-state index contributed by atoms with van der Waals surface area (Å²) in [5.74, 6) is 0.0453. The lowest BCUT2D eigenvalue weighted by molar-refractivity contribution is -0.118. The van der Waals surface area contributed by atoms with Crippen molar-refractivity contribution < 1.29 is 9.59 Å². The summed E-state index contributed by atoms with van der Waals surface area (Å²) in [6.45, 7) is 0.188. The highest BCUT2D eigenvalue weighted by molar-refractivity contribution is 9.10. The molecule has 0 spiro atoms. The van der Waals surface area contributed by atoms with E-state index in [1.165, 1.54) is 0 Å². The number of fused-ring (bicyclic) bond motifs is 1. The lowest BCUT2D eigenvalue weighted by Crippen LogP contribution is -2.49. The van der Waals surface area contributed by atoms with Crippen LogP contribution in [0.25, 0.3) is 0 Å². The summed E-state index contributed by atoms with van der Waals surface area (Å²) in [6, 6.07) is 14.6. The molecule has 0 N–H and O–H groups in total. The maximum Gasteiger partial charge on any atom is 0.261 e. The molecule has 118 valence electrons. The average Bonchev–Trinajstić information content (AvgIpc) is 2.57. The van der Waals surface area contributed by atoms with Crippen LogP contribution < -0.4 is 9.80 Å². The molecule has 2 amide bonds. The second-order valence-electron chi connectivity index (χ2n) is 5.13. The van der Waals surface area contributed by atoms with Crippen molar-refractivity contribution >= 4 is 50.7 Å². The number of para-hydroxylation sites is 1. The number of benzene rings is 2. The zero-order valence-electron chi connectivity index (χ0n) is 12.2. The Labute approximate surface area is 147 Å². The molecule has 0 saturated carbocycles. The van der Waals surface area contributed by atoms with Gasteiger partial charge < -0.3 is 0 Å². The van der Waals surface area contributed by atoms with E-state index in [2.05, 4.69) is 15.9 Å². The maximum absolute atomic E-state index is 12.8. The van der Waals surface area contributed by atoms with E-state index in [1.807, 2.05) is 30.3 Å². The van der Waals surface area contributed by atoms with Crippen LogP contribution in [0.4, 0.5) is 11.4 Å². The summed E-state index contributed by atoms with van der Waals surface area (Å²) in [6.07, 6.45) is 0.234. The predicted octanol–water partition coefficient (Wildman–Crippen LogP) is 4.03. The number of carbonyl (C=O) groups excluding carboxylic acids is 2. The van der Waals surface area contributed by atoms with Gasteiger partial charge in [-0.15, -0.1) is 11.6 Å². The Morgan fingerprint density at radius 3 is 2.52 bits per heavy atom. The molecule has 0 radical (unpaired) electrons. The van der Waals surface area contributed by atoms with E-state index in [9.17, 15) is 9.59 Å². The van der Waals surface area contributed by atoms with Gasteiger partial charge in [0.2, 0.25) is 5.91 Å². The number of rotatable bonds is 3. The van der Waals surface area contributed by atoms with Crippen molar-refractivity contribution in [3.63, 3.8) is 0 Å². The Balaban J connectivity index is 2.03. The van der Waals surface area contributed by atoms with Crippen LogP contribution in [0.15, 0.2) is 53.0 Å². The number of amides is 2. The standard InChI is InChI=1S/C17H14BrClN2O2/c18-12-5-7-13(8-6-12)20-11-21(16(22)9-10-19)15-4-2-1-3-14(15)17(20)23/h1-8H,9-11H2. The first kappa shape index (κ1) is 16.0. The molecule has 2 aromatic carbocycles. The van der Waals surface area contributed by atoms with Gasteiger partial charge in [-0.1, -0.05) is 28.1 Å². The van der Waals surface area contributed by atoms with E-state index in [-0.39, 0.29) is 30.8 Å². The van der Waals surface area contributed by atoms with Crippen molar-refractivity contribution in [1.29, 1.82) is 0 Å². The molecule has 0 aromatic heterocycles. The van der Waals surface area contributed by atoms with E-state index >= 15 is 0 Å². The summed E-state index contributed by atoms with van der Waals surface area (Å²) in [5.41, 5.74) is 1.90. The number of hydrogen-bond donors (Lipinski definition) is 0. The minimum atomic E-state index is -0.113. The number of anilines is 2. The van der Waals surface area contributed by atoms with Crippen LogP contribution in [0.5, 0.6) is 0 Å². The molecule has 0 fully saturated rings. The summed E-state index contributed by atoms with van der Waals surface area (Å²) in [7, 11) is 0. The molecule has 6 heteroatoms. The second kappa shape index (κ2) is 6.72. The van der Waals surface area contributed by atoms with Gasteiger partial charge in [0.15, 0.2) is 0 Å². The Kier molecular flexibility index (Phi) is 4.68. The van der Waals surface area contributed by atoms with Crippen LogP contribution in [0.3, 0.4) is 0 Å². The molecule has 3 rings (SSSR count). The minimum absolute atomic E-state index is 0.0953. The topological polar surface area (TPSA) is 40.6 Å². The Morgan fingerprint density at radius 1 is 1.13 bits per heavy atom. The highest BCUT2D eigenvalue weighted by atomic mass is 79.9. The van der Waals surface area contributed by atoms with Gasteiger partial charge in [0.1, 0.15) is 6.67 Å². The van der Waals surface area contributed by atoms with Gasteiger partial charge in [-0.05, 0) is 36.4 Å². The highest BCUT2D eigenvalue weighted by Gasteiger charge is 2.32. The molecular weight excluding hydrogens is 380 g/mol. The summed E-state index contributed by atoms with van der Waals surface area (Å²) in [4.78, 5) is 28.4. The monoisotopic (exact) mass is 392 g/mol. The van der Waals surface area contributed by atoms with Crippen molar-refractivity contribution in [3.8, 4) is 0 Å². The predicted molar refractivity (Wildman–Crippen MR) is 95.1 cm³/mol. The molecule has 1 heterocycles. The van der Waals surface area contributed by atoms with Crippen LogP contribution in [0.2, 0.25) is 0 Å². The number of alkyl halides is 1. The van der Waals surface area contributed by atoms with Crippen molar-refractivity contribution in [2.75, 3.05) is 22.3 Å². The molecule has 1 aliphatic rings. The third-order valence-corrected chi connectivity index (χ3v) is 4.42. The van der Waals surface area contributed by atoms with Gasteiger partial charge >= 0.3 is 0 Å². The number of carbonyl (C=O) groups is 2. The fourth-order valence-electron chi connectivity index (χ4n) is 2.57. The zero-order valence-corrected chi connectivity index (χ0v) is 14.5. The van der Waals surface area contributed by atoms with Crippen molar-refractivity contribution in [1.82, 2.24) is 0 Å². The molecular formula is C17H14BrClN2O2. The van der Waals surface area contributed by atoms with Crippen molar-refractivity contribution in [2.45, 2.75) is 6.42 Å². The van der Waals surface area contributed by atoms with Gasteiger partial charge in [-0.3, -0.25) is 19.4 Å². The largest absolute Gasteiger partial charge is 0.293 e. The smallest absolute Gasteiger partial charge is 0.261 e. The first-order chi connectivity index (χ1) is 11.1. The van der Waals surface area contributed by atoms with E-state index in [0.717, 1.165) is 10.2 Å². The molecule has 1 aliphatic heterocycles. The zero-order chi connectivity index (χ0) is 16.4. The van der Waals surface area contributed by atoms with E-state index in [4.69, 9.17) is 11.6 Å². The third kappa shape index (κ3) is 3.12. The number of nitrogens with zero attached hydrogens (tertiary/aromatic N) is 2. The Bertz CT molecular complexity index is 749. The fourth-order valence-corrected chi connectivity index (χ4v) is 2.99. The van der Waals surface area contributed by atoms with E-state index in [0.29, 0.717) is 11.3 Å². The second-order valence-corrected chi connectivity index (χ2v) is 6.42. The summed E-state index contributed by atoms with van der Waals surface area (Å²) >= 11 is 9.09. The van der Waals surface area contributed by atoms with Gasteiger partial charge in [-0.25, -0.2) is 0 Å². The van der Waals surface area contributed by atoms with Crippen molar-refractivity contribution in [3.05, 3.63) is 58.6 Å². The first-order valence-electron chi connectivity index (χ1n) is 7.14. The Morgan fingerprint density at radius 2 is 1.83 bits per heavy atom. The van der Waals surface area contributed by atoms with Gasteiger partial charge in [0.05, 0.1) is 11.3 Å². The molecule has 0 atom stereocenters. The molecule has 0 aliphatic carbocycles. The third-order valence-electron chi connectivity index (χ3n) is 3.70. The lowest BCUT2D eigenvalue weighted by Gasteiger charge is -2.36. The lowest BCUT2D eigenvalue weighted by atomic mass is 10.1. The first-order valence-corrected chi connectivity index (χ1v) is 8.47. The van der Waals surface area contributed by atoms with Gasteiger partial charge in [0.25, 0.3) is 5.91 Å². The van der Waals surface area contributed by atoms with Crippen LogP contribution in [-0.2, 0) is 4.79 Å². The van der Waals surface area contributed by atoms with Crippen LogP contribution >= 0.6 is 27.5 Å². The van der Waals surface area contributed by atoms with E-state index in [1.54, 1.807) is 28.0 Å². The number of hydrogen-bond acceptors (Lipinski definition) is 2. The fraction of sp³-hybridized carbons (Fsp3) is 0.176. The quantitative estimate of drug-likeness (QED) is 0.739. The summed E-state index contributed by atoms with van der Waals surface area (Å²) < 4.78 is 0.932. The molecule has 0 saturated heterocycles. The SMILES string of the molecule is O=C1c2ccccc2N(C(=O)CCCl)CN1c1ccc(Br)cc1.